The van der Waals surface area contributed by atoms with Crippen LogP contribution in [0.15, 0.2) is 29.3 Å². The lowest BCUT2D eigenvalue weighted by Crippen LogP contribution is -2.54. The summed E-state index contributed by atoms with van der Waals surface area (Å²) in [7, 11) is 0. The fourth-order valence-corrected chi connectivity index (χ4v) is 4.35. The Kier molecular flexibility index (Phi) is 9.36. The van der Waals surface area contributed by atoms with E-state index in [0.29, 0.717) is 18.7 Å². The van der Waals surface area contributed by atoms with Gasteiger partial charge in [0.1, 0.15) is 0 Å². The summed E-state index contributed by atoms with van der Waals surface area (Å²) in [6.07, 6.45) is 6.16. The van der Waals surface area contributed by atoms with Gasteiger partial charge < -0.3 is 20.7 Å². The van der Waals surface area contributed by atoms with Gasteiger partial charge in [0.15, 0.2) is 5.96 Å². The van der Waals surface area contributed by atoms with Crippen molar-refractivity contribution in [1.82, 2.24) is 20.9 Å². The van der Waals surface area contributed by atoms with Crippen LogP contribution in [0.3, 0.4) is 0 Å². The summed E-state index contributed by atoms with van der Waals surface area (Å²) in [4.78, 5) is 19.9. The number of guanidine groups is 1. The summed E-state index contributed by atoms with van der Waals surface area (Å²) in [6.45, 7) is 12.5. The molecule has 0 bridgehead atoms. The summed E-state index contributed by atoms with van der Waals surface area (Å²) in [5, 5.41) is 9.86. The molecule has 7 nitrogen and oxygen atoms in total. The maximum absolute atomic E-state index is 12.5. The Bertz CT molecular complexity index is 752. The second kappa shape index (κ2) is 12.2. The first-order valence-electron chi connectivity index (χ1n) is 12.2. The zero-order chi connectivity index (χ0) is 22.8. The molecule has 32 heavy (non-hydrogen) atoms. The van der Waals surface area contributed by atoms with E-state index in [2.05, 4.69) is 41.6 Å². The van der Waals surface area contributed by atoms with Crippen LogP contribution < -0.4 is 16.0 Å². The van der Waals surface area contributed by atoms with Gasteiger partial charge in [-0.3, -0.25) is 9.69 Å². The minimum Gasteiger partial charge on any atom is -0.376 e. The van der Waals surface area contributed by atoms with Crippen LogP contribution in [0.2, 0.25) is 0 Å². The number of nitrogens with zero attached hydrogens (tertiary/aromatic N) is 2. The van der Waals surface area contributed by atoms with Crippen LogP contribution in [-0.4, -0.2) is 67.7 Å². The van der Waals surface area contributed by atoms with Crippen molar-refractivity contribution >= 4 is 11.9 Å². The number of amides is 1. The van der Waals surface area contributed by atoms with Gasteiger partial charge in [0.2, 0.25) is 0 Å². The molecule has 2 saturated heterocycles. The molecule has 2 heterocycles. The molecule has 178 valence electrons. The summed E-state index contributed by atoms with van der Waals surface area (Å²) in [5.41, 5.74) is 1.76. The van der Waals surface area contributed by atoms with Gasteiger partial charge >= 0.3 is 0 Å². The lowest BCUT2D eigenvalue weighted by molar-refractivity contribution is 0.0857. The second-order valence-corrected chi connectivity index (χ2v) is 9.45. The van der Waals surface area contributed by atoms with Crippen molar-refractivity contribution in [2.24, 2.45) is 4.99 Å². The molecule has 3 N–H and O–H groups in total. The lowest BCUT2D eigenvalue weighted by atomic mass is 9.98. The number of carbonyl (C=O) groups excluding carboxylic acids is 1. The Hall–Kier alpha value is -2.12. The van der Waals surface area contributed by atoms with Gasteiger partial charge in [-0.05, 0) is 77.2 Å². The first kappa shape index (κ1) is 24.5. The maximum Gasteiger partial charge on any atom is 0.251 e. The highest BCUT2D eigenvalue weighted by Gasteiger charge is 2.27. The SMILES string of the molecule is CCNC(=NCc1cccc(C(=O)NCC2CCCO2)c1)NCC(C)(C)N1CCCCC1. The molecule has 1 aromatic carbocycles. The van der Waals surface area contributed by atoms with Crippen LogP contribution in [0.1, 0.15) is 68.8 Å². The Morgan fingerprint density at radius 1 is 1.16 bits per heavy atom. The molecule has 0 radical (unpaired) electrons. The van der Waals surface area contributed by atoms with Gasteiger partial charge in [0.25, 0.3) is 5.91 Å². The molecule has 3 rings (SSSR count). The van der Waals surface area contributed by atoms with Crippen molar-refractivity contribution in [1.29, 1.82) is 0 Å². The Balaban J connectivity index is 1.54. The Morgan fingerprint density at radius 2 is 1.97 bits per heavy atom. The minimum absolute atomic E-state index is 0.0559. The molecule has 2 aliphatic heterocycles. The Morgan fingerprint density at radius 3 is 2.69 bits per heavy atom. The molecular weight excluding hydrogens is 402 g/mol. The summed E-state index contributed by atoms with van der Waals surface area (Å²) >= 11 is 0. The number of likely N-dealkylation sites (tertiary alicyclic amines) is 1. The van der Waals surface area contributed by atoms with Crippen LogP contribution >= 0.6 is 0 Å². The molecule has 1 aromatic rings. The highest BCUT2D eigenvalue weighted by atomic mass is 16.5. The van der Waals surface area contributed by atoms with Gasteiger partial charge in [-0.2, -0.15) is 0 Å². The number of benzene rings is 1. The minimum atomic E-state index is -0.0559. The Labute approximate surface area is 193 Å². The highest BCUT2D eigenvalue weighted by molar-refractivity contribution is 5.94. The third-order valence-electron chi connectivity index (χ3n) is 6.37. The molecule has 0 spiro atoms. The molecule has 1 unspecified atom stereocenters. The highest BCUT2D eigenvalue weighted by Crippen LogP contribution is 2.19. The summed E-state index contributed by atoms with van der Waals surface area (Å²) < 4.78 is 5.59. The largest absolute Gasteiger partial charge is 0.376 e. The van der Waals surface area contributed by atoms with E-state index in [9.17, 15) is 4.79 Å². The van der Waals surface area contributed by atoms with Crippen molar-refractivity contribution in [3.05, 3.63) is 35.4 Å². The van der Waals surface area contributed by atoms with E-state index in [1.54, 1.807) is 0 Å². The average Bonchev–Trinajstić information content (AvgIpc) is 3.34. The molecule has 1 amide bonds. The van der Waals surface area contributed by atoms with Gasteiger partial charge in [0, 0.05) is 37.3 Å². The standard InChI is InChI=1S/C25H41N5O2/c1-4-26-24(29-19-25(2,3)30-13-6-5-7-14-30)28-17-20-10-8-11-21(16-20)23(31)27-18-22-12-9-15-32-22/h8,10-11,16,22H,4-7,9,12-15,17-19H2,1-3H3,(H,27,31)(H2,26,28,29). The molecule has 0 aliphatic carbocycles. The van der Waals surface area contributed by atoms with Crippen molar-refractivity contribution in [2.75, 3.05) is 39.3 Å². The normalized spacial score (nSPS) is 20.2. The van der Waals surface area contributed by atoms with Crippen LogP contribution in [-0.2, 0) is 11.3 Å². The number of nitrogens with one attached hydrogen (secondary N) is 3. The number of hydrogen-bond acceptors (Lipinski definition) is 4. The maximum atomic E-state index is 12.5. The van der Waals surface area contributed by atoms with E-state index in [-0.39, 0.29) is 17.6 Å². The van der Waals surface area contributed by atoms with E-state index in [1.807, 2.05) is 24.3 Å². The molecular formula is C25H41N5O2. The van der Waals surface area contributed by atoms with Crippen LogP contribution in [0.4, 0.5) is 0 Å². The first-order valence-corrected chi connectivity index (χ1v) is 12.2. The summed E-state index contributed by atoms with van der Waals surface area (Å²) in [6, 6.07) is 7.71. The van der Waals surface area contributed by atoms with Crippen molar-refractivity contribution < 1.29 is 9.53 Å². The molecule has 0 saturated carbocycles. The number of carbonyl (C=O) groups is 1. The monoisotopic (exact) mass is 443 g/mol. The first-order chi connectivity index (χ1) is 15.5. The average molecular weight is 444 g/mol. The van der Waals surface area contributed by atoms with Gasteiger partial charge in [-0.1, -0.05) is 18.6 Å². The quantitative estimate of drug-likeness (QED) is 0.404. The molecule has 1 atom stereocenters. The second-order valence-electron chi connectivity index (χ2n) is 9.45. The molecule has 0 aromatic heterocycles. The number of hydrogen-bond donors (Lipinski definition) is 3. The zero-order valence-corrected chi connectivity index (χ0v) is 20.1. The van der Waals surface area contributed by atoms with Gasteiger partial charge in [-0.25, -0.2) is 4.99 Å². The van der Waals surface area contributed by atoms with Crippen LogP contribution in [0.5, 0.6) is 0 Å². The van der Waals surface area contributed by atoms with E-state index >= 15 is 0 Å². The smallest absolute Gasteiger partial charge is 0.251 e. The van der Waals surface area contributed by atoms with Crippen molar-refractivity contribution in [2.45, 2.75) is 71.1 Å². The van der Waals surface area contributed by atoms with Crippen molar-refractivity contribution in [3.8, 4) is 0 Å². The van der Waals surface area contributed by atoms with E-state index in [1.165, 1.54) is 32.4 Å². The third-order valence-corrected chi connectivity index (χ3v) is 6.37. The number of piperidine rings is 1. The fourth-order valence-electron chi connectivity index (χ4n) is 4.35. The molecule has 7 heteroatoms. The van der Waals surface area contributed by atoms with E-state index in [0.717, 1.165) is 44.1 Å². The van der Waals surface area contributed by atoms with E-state index < -0.39 is 0 Å². The van der Waals surface area contributed by atoms with Crippen LogP contribution in [0, 0.1) is 0 Å². The van der Waals surface area contributed by atoms with Gasteiger partial charge in [-0.15, -0.1) is 0 Å². The predicted molar refractivity (Wildman–Crippen MR) is 130 cm³/mol. The predicted octanol–water partition coefficient (Wildman–Crippen LogP) is 2.92. The molecule has 2 aliphatic rings. The lowest BCUT2D eigenvalue weighted by Gasteiger charge is -2.41. The summed E-state index contributed by atoms with van der Waals surface area (Å²) in [5.74, 6) is 0.755. The number of aliphatic imine (C=N–C) groups is 1. The van der Waals surface area contributed by atoms with Crippen molar-refractivity contribution in [3.63, 3.8) is 0 Å². The topological polar surface area (TPSA) is 78.0 Å². The van der Waals surface area contributed by atoms with Crippen LogP contribution in [0.25, 0.3) is 0 Å². The van der Waals surface area contributed by atoms with E-state index in [4.69, 9.17) is 9.73 Å². The number of rotatable bonds is 9. The molecule has 2 fully saturated rings. The zero-order valence-electron chi connectivity index (χ0n) is 20.1. The fraction of sp³-hybridized carbons (Fsp3) is 0.680. The third kappa shape index (κ3) is 7.48. The van der Waals surface area contributed by atoms with Gasteiger partial charge in [0.05, 0.1) is 12.6 Å². The number of ether oxygens (including phenoxy) is 1.